The molecular weight excluding hydrogens is 232 g/mol. The summed E-state index contributed by atoms with van der Waals surface area (Å²) in [5, 5.41) is 13.9. The number of aromatic nitrogens is 2. The molecule has 0 radical (unpaired) electrons. The van der Waals surface area contributed by atoms with Crippen LogP contribution in [0.1, 0.15) is 10.5 Å². The van der Waals surface area contributed by atoms with E-state index in [1.807, 2.05) is 24.3 Å². The van der Waals surface area contributed by atoms with Gasteiger partial charge < -0.3 is 9.52 Å². The first-order valence-electron chi connectivity index (χ1n) is 5.41. The Labute approximate surface area is 102 Å². The van der Waals surface area contributed by atoms with Crippen LogP contribution in [-0.2, 0) is 7.05 Å². The molecule has 2 heterocycles. The lowest BCUT2D eigenvalue weighted by Gasteiger charge is -2.02. The van der Waals surface area contributed by atoms with Gasteiger partial charge in [0.25, 0.3) is 0 Å². The Balaban J connectivity index is 2.26. The van der Waals surface area contributed by atoms with E-state index in [-0.39, 0.29) is 5.69 Å². The van der Waals surface area contributed by atoms with E-state index >= 15 is 0 Å². The first kappa shape index (κ1) is 10.6. The number of carboxylic acid groups (broad SMARTS) is 1. The van der Waals surface area contributed by atoms with Gasteiger partial charge in [-0.25, -0.2) is 4.79 Å². The lowest BCUT2D eigenvalue weighted by atomic mass is 10.1. The Hall–Kier alpha value is -2.56. The van der Waals surface area contributed by atoms with Crippen molar-refractivity contribution in [2.75, 3.05) is 0 Å². The van der Waals surface area contributed by atoms with Gasteiger partial charge in [0.2, 0.25) is 0 Å². The van der Waals surface area contributed by atoms with Crippen LogP contribution >= 0.6 is 0 Å². The second-order valence-corrected chi connectivity index (χ2v) is 3.99. The average molecular weight is 242 g/mol. The Morgan fingerprint density at radius 1 is 1.39 bits per heavy atom. The SMILES string of the molecule is Cn1nc(C(=O)O)cc1-c1cccc2ccoc12. The largest absolute Gasteiger partial charge is 0.476 e. The quantitative estimate of drug-likeness (QED) is 0.749. The number of furan rings is 1. The van der Waals surface area contributed by atoms with Gasteiger partial charge in [-0.3, -0.25) is 4.68 Å². The first-order chi connectivity index (χ1) is 8.66. The molecule has 1 N–H and O–H groups in total. The van der Waals surface area contributed by atoms with E-state index in [1.54, 1.807) is 24.1 Å². The average Bonchev–Trinajstić information content (AvgIpc) is 2.94. The Kier molecular flexibility index (Phi) is 2.19. The zero-order chi connectivity index (χ0) is 12.7. The minimum Gasteiger partial charge on any atom is -0.476 e. The lowest BCUT2D eigenvalue weighted by Crippen LogP contribution is -1.99. The Morgan fingerprint density at radius 3 is 2.94 bits per heavy atom. The van der Waals surface area contributed by atoms with E-state index in [9.17, 15) is 4.79 Å². The van der Waals surface area contributed by atoms with Crippen LogP contribution in [0.25, 0.3) is 22.2 Å². The standard InChI is InChI=1S/C13H10N2O3/c1-15-11(7-10(14-15)13(16)17)9-4-2-3-8-5-6-18-12(8)9/h2-7H,1H3,(H,16,17). The summed E-state index contributed by atoms with van der Waals surface area (Å²) in [5.74, 6) is -1.04. The number of rotatable bonds is 2. The van der Waals surface area contributed by atoms with Crippen molar-refractivity contribution < 1.29 is 14.3 Å². The molecule has 2 aromatic heterocycles. The van der Waals surface area contributed by atoms with Crippen molar-refractivity contribution in [3.05, 3.63) is 42.3 Å². The molecule has 3 aromatic rings. The van der Waals surface area contributed by atoms with Crippen LogP contribution in [0.2, 0.25) is 0 Å². The van der Waals surface area contributed by atoms with E-state index in [4.69, 9.17) is 9.52 Å². The van der Waals surface area contributed by atoms with Crippen molar-refractivity contribution in [2.45, 2.75) is 0 Å². The van der Waals surface area contributed by atoms with Gasteiger partial charge in [0.05, 0.1) is 12.0 Å². The third kappa shape index (κ3) is 1.48. The molecule has 0 bridgehead atoms. The minimum absolute atomic E-state index is 0.0241. The molecule has 0 atom stereocenters. The van der Waals surface area contributed by atoms with Crippen LogP contribution in [0.3, 0.4) is 0 Å². The van der Waals surface area contributed by atoms with Gasteiger partial charge in [-0.05, 0) is 18.2 Å². The normalized spacial score (nSPS) is 10.9. The number of carboxylic acids is 1. The van der Waals surface area contributed by atoms with E-state index in [0.717, 1.165) is 16.5 Å². The number of carbonyl (C=O) groups is 1. The highest BCUT2D eigenvalue weighted by Crippen LogP contribution is 2.29. The Bertz CT molecular complexity index is 740. The summed E-state index contributed by atoms with van der Waals surface area (Å²) in [6.45, 7) is 0. The van der Waals surface area contributed by atoms with E-state index in [2.05, 4.69) is 5.10 Å². The molecule has 0 spiro atoms. The van der Waals surface area contributed by atoms with Crippen LogP contribution in [0.5, 0.6) is 0 Å². The molecule has 1 aromatic carbocycles. The molecule has 0 aliphatic rings. The fourth-order valence-electron chi connectivity index (χ4n) is 2.02. The summed E-state index contributed by atoms with van der Waals surface area (Å²) in [6.07, 6.45) is 1.61. The number of para-hydroxylation sites is 1. The molecule has 0 aliphatic carbocycles. The summed E-state index contributed by atoms with van der Waals surface area (Å²) in [6, 6.07) is 9.14. The number of nitrogens with zero attached hydrogens (tertiary/aromatic N) is 2. The van der Waals surface area contributed by atoms with Gasteiger partial charge in [0.15, 0.2) is 5.69 Å². The summed E-state index contributed by atoms with van der Waals surface area (Å²) in [5.41, 5.74) is 2.31. The smallest absolute Gasteiger partial charge is 0.356 e. The molecule has 90 valence electrons. The summed E-state index contributed by atoms with van der Waals surface area (Å²) in [7, 11) is 1.71. The number of hydrogen-bond acceptors (Lipinski definition) is 3. The van der Waals surface area contributed by atoms with Gasteiger partial charge in [-0.1, -0.05) is 12.1 Å². The van der Waals surface area contributed by atoms with Crippen LogP contribution in [0.4, 0.5) is 0 Å². The fraction of sp³-hybridized carbons (Fsp3) is 0.0769. The predicted molar refractivity (Wildman–Crippen MR) is 65.4 cm³/mol. The minimum atomic E-state index is -1.04. The van der Waals surface area contributed by atoms with Crippen LogP contribution < -0.4 is 0 Å². The monoisotopic (exact) mass is 242 g/mol. The zero-order valence-electron chi connectivity index (χ0n) is 9.62. The highest BCUT2D eigenvalue weighted by atomic mass is 16.4. The molecule has 3 rings (SSSR count). The predicted octanol–water partition coefficient (Wildman–Crippen LogP) is 2.53. The second-order valence-electron chi connectivity index (χ2n) is 3.99. The van der Waals surface area contributed by atoms with Crippen molar-refractivity contribution in [3.63, 3.8) is 0 Å². The van der Waals surface area contributed by atoms with Crippen LogP contribution in [-0.4, -0.2) is 20.9 Å². The molecule has 5 heteroatoms. The van der Waals surface area contributed by atoms with Crippen molar-refractivity contribution in [3.8, 4) is 11.3 Å². The molecule has 0 fully saturated rings. The molecular formula is C13H10N2O3. The van der Waals surface area contributed by atoms with Crippen molar-refractivity contribution in [2.24, 2.45) is 7.05 Å². The number of aryl methyl sites for hydroxylation is 1. The van der Waals surface area contributed by atoms with Crippen molar-refractivity contribution in [1.82, 2.24) is 9.78 Å². The van der Waals surface area contributed by atoms with Gasteiger partial charge >= 0.3 is 5.97 Å². The molecule has 0 saturated carbocycles. The van der Waals surface area contributed by atoms with Gasteiger partial charge in [0.1, 0.15) is 5.58 Å². The fourth-order valence-corrected chi connectivity index (χ4v) is 2.02. The molecule has 0 aliphatic heterocycles. The summed E-state index contributed by atoms with van der Waals surface area (Å²) >= 11 is 0. The van der Waals surface area contributed by atoms with Crippen molar-refractivity contribution >= 4 is 16.9 Å². The van der Waals surface area contributed by atoms with Gasteiger partial charge in [-0.2, -0.15) is 5.10 Å². The number of fused-ring (bicyclic) bond motifs is 1. The number of hydrogen-bond donors (Lipinski definition) is 1. The van der Waals surface area contributed by atoms with Crippen LogP contribution in [0, 0.1) is 0 Å². The van der Waals surface area contributed by atoms with Gasteiger partial charge in [0, 0.05) is 18.0 Å². The topological polar surface area (TPSA) is 68.3 Å². The van der Waals surface area contributed by atoms with E-state index < -0.39 is 5.97 Å². The maximum atomic E-state index is 10.9. The molecule has 5 nitrogen and oxygen atoms in total. The first-order valence-corrected chi connectivity index (χ1v) is 5.41. The molecule has 0 unspecified atom stereocenters. The zero-order valence-corrected chi connectivity index (χ0v) is 9.62. The third-order valence-electron chi connectivity index (χ3n) is 2.85. The van der Waals surface area contributed by atoms with Crippen LogP contribution in [0.15, 0.2) is 41.0 Å². The maximum absolute atomic E-state index is 10.9. The summed E-state index contributed by atoms with van der Waals surface area (Å²) < 4.78 is 6.98. The second kappa shape index (κ2) is 3.73. The lowest BCUT2D eigenvalue weighted by molar-refractivity contribution is 0.0689. The molecule has 18 heavy (non-hydrogen) atoms. The van der Waals surface area contributed by atoms with Crippen molar-refractivity contribution in [1.29, 1.82) is 0 Å². The highest BCUT2D eigenvalue weighted by Gasteiger charge is 2.15. The van der Waals surface area contributed by atoms with Gasteiger partial charge in [-0.15, -0.1) is 0 Å². The third-order valence-corrected chi connectivity index (χ3v) is 2.85. The number of benzene rings is 1. The van der Waals surface area contributed by atoms with E-state index in [1.165, 1.54) is 0 Å². The highest BCUT2D eigenvalue weighted by molar-refractivity contribution is 5.93. The maximum Gasteiger partial charge on any atom is 0.356 e. The van der Waals surface area contributed by atoms with E-state index in [0.29, 0.717) is 5.69 Å². The number of aromatic carboxylic acids is 1. The molecule has 0 amide bonds. The molecule has 0 saturated heterocycles. The Morgan fingerprint density at radius 2 is 2.22 bits per heavy atom. The summed E-state index contributed by atoms with van der Waals surface area (Å²) in [4.78, 5) is 10.9.